The predicted molar refractivity (Wildman–Crippen MR) is 66.5 cm³/mol. The number of aliphatic hydroxyl groups excluding tert-OH is 1. The van der Waals surface area contributed by atoms with Crippen molar-refractivity contribution in [3.05, 3.63) is 28.7 Å². The van der Waals surface area contributed by atoms with E-state index in [1.54, 1.807) is 0 Å². The molecule has 6 nitrogen and oxygen atoms in total. The summed E-state index contributed by atoms with van der Waals surface area (Å²) in [7, 11) is 1.50. The molecule has 1 atom stereocenters. The van der Waals surface area contributed by atoms with Crippen LogP contribution in [0.15, 0.2) is 12.4 Å². The molecular weight excluding hydrogens is 252 g/mol. The Morgan fingerprint density at radius 1 is 1.39 bits per heavy atom. The zero-order valence-corrected chi connectivity index (χ0v) is 11.0. The van der Waals surface area contributed by atoms with E-state index in [0.29, 0.717) is 16.5 Å². The lowest BCUT2D eigenvalue weighted by Gasteiger charge is -2.11. The van der Waals surface area contributed by atoms with Gasteiger partial charge in [-0.1, -0.05) is 17.8 Å². The molecule has 1 N–H and O–H groups in total. The first kappa shape index (κ1) is 12.8. The summed E-state index contributed by atoms with van der Waals surface area (Å²) in [5, 5.41) is 14.4. The van der Waals surface area contributed by atoms with Gasteiger partial charge in [-0.3, -0.25) is 4.98 Å². The maximum Gasteiger partial charge on any atom is 0.238 e. The van der Waals surface area contributed by atoms with E-state index in [-0.39, 0.29) is 0 Å². The van der Waals surface area contributed by atoms with Crippen molar-refractivity contribution in [1.82, 2.24) is 19.6 Å². The Kier molecular flexibility index (Phi) is 4.16. The molecule has 2 aromatic heterocycles. The Bertz CT molecular complexity index is 517. The minimum atomic E-state index is -0.893. The highest BCUT2D eigenvalue weighted by molar-refractivity contribution is 7.05. The van der Waals surface area contributed by atoms with Crippen molar-refractivity contribution < 1.29 is 9.84 Å². The van der Waals surface area contributed by atoms with Crippen LogP contribution in [0.25, 0.3) is 0 Å². The lowest BCUT2D eigenvalue weighted by atomic mass is 10.1. The molecule has 0 saturated carbocycles. The van der Waals surface area contributed by atoms with Crippen LogP contribution in [0.3, 0.4) is 0 Å². The average molecular weight is 266 g/mol. The number of nitrogens with zero attached hydrogens (tertiary/aromatic N) is 4. The molecule has 0 aliphatic rings. The maximum atomic E-state index is 10.3. The van der Waals surface area contributed by atoms with Crippen LogP contribution in [-0.4, -0.2) is 31.8 Å². The Morgan fingerprint density at radius 3 is 2.89 bits per heavy atom. The SMILES string of the molecule is CCCc1nnsc1C(O)c1nccnc1OC. The molecule has 0 aliphatic heterocycles. The van der Waals surface area contributed by atoms with Gasteiger partial charge in [0.1, 0.15) is 11.8 Å². The van der Waals surface area contributed by atoms with Gasteiger partial charge >= 0.3 is 0 Å². The molecule has 0 aliphatic carbocycles. The number of aliphatic hydroxyl groups is 1. The van der Waals surface area contributed by atoms with E-state index in [1.807, 2.05) is 0 Å². The first-order valence-electron chi connectivity index (χ1n) is 5.62. The van der Waals surface area contributed by atoms with Gasteiger partial charge in [0, 0.05) is 12.4 Å². The molecule has 18 heavy (non-hydrogen) atoms. The number of hydrogen-bond acceptors (Lipinski definition) is 7. The van der Waals surface area contributed by atoms with Crippen LogP contribution in [0, 0.1) is 0 Å². The minimum absolute atomic E-state index is 0.320. The predicted octanol–water partition coefficient (Wildman–Crippen LogP) is 1.37. The van der Waals surface area contributed by atoms with Crippen molar-refractivity contribution >= 4 is 11.5 Å². The first-order valence-corrected chi connectivity index (χ1v) is 6.39. The Labute approximate surface area is 109 Å². The molecule has 0 radical (unpaired) electrons. The molecule has 96 valence electrons. The fourth-order valence-electron chi connectivity index (χ4n) is 1.64. The van der Waals surface area contributed by atoms with E-state index in [0.717, 1.165) is 18.5 Å². The van der Waals surface area contributed by atoms with Crippen LogP contribution < -0.4 is 4.74 Å². The highest BCUT2D eigenvalue weighted by Crippen LogP contribution is 2.30. The summed E-state index contributed by atoms with van der Waals surface area (Å²) in [6, 6.07) is 0. The van der Waals surface area contributed by atoms with Gasteiger partial charge in [-0.15, -0.1) is 5.10 Å². The topological polar surface area (TPSA) is 81.0 Å². The largest absolute Gasteiger partial charge is 0.480 e. The van der Waals surface area contributed by atoms with Gasteiger partial charge < -0.3 is 9.84 Å². The standard InChI is InChI=1S/C11H14N4O2S/c1-3-4-7-10(18-15-14-7)9(16)8-11(17-2)13-6-5-12-8/h5-6,9,16H,3-4H2,1-2H3. The van der Waals surface area contributed by atoms with Gasteiger partial charge in [0.2, 0.25) is 5.88 Å². The van der Waals surface area contributed by atoms with Crippen molar-refractivity contribution in [2.45, 2.75) is 25.9 Å². The van der Waals surface area contributed by atoms with Crippen LogP contribution in [0.2, 0.25) is 0 Å². The van der Waals surface area contributed by atoms with E-state index < -0.39 is 6.10 Å². The summed E-state index contributed by atoms with van der Waals surface area (Å²) in [6.45, 7) is 2.05. The number of aryl methyl sites for hydroxylation is 1. The molecule has 7 heteroatoms. The third-order valence-corrected chi connectivity index (χ3v) is 3.28. The van der Waals surface area contributed by atoms with Gasteiger partial charge in [-0.25, -0.2) is 4.98 Å². The number of rotatable bonds is 5. The molecule has 0 aromatic carbocycles. The van der Waals surface area contributed by atoms with Crippen molar-refractivity contribution in [3.8, 4) is 5.88 Å². The van der Waals surface area contributed by atoms with Crippen LogP contribution in [0.1, 0.15) is 35.7 Å². The monoisotopic (exact) mass is 266 g/mol. The van der Waals surface area contributed by atoms with Gasteiger partial charge in [-0.05, 0) is 18.0 Å². The van der Waals surface area contributed by atoms with Crippen molar-refractivity contribution in [2.24, 2.45) is 0 Å². The molecular formula is C11H14N4O2S. The molecule has 2 heterocycles. The molecule has 0 bridgehead atoms. The summed E-state index contributed by atoms with van der Waals surface area (Å²) < 4.78 is 8.98. The fraction of sp³-hybridized carbons (Fsp3) is 0.455. The van der Waals surface area contributed by atoms with Crippen LogP contribution in [-0.2, 0) is 6.42 Å². The third-order valence-electron chi connectivity index (χ3n) is 2.46. The molecule has 0 fully saturated rings. The second kappa shape index (κ2) is 5.83. The summed E-state index contributed by atoms with van der Waals surface area (Å²) >= 11 is 1.18. The van der Waals surface area contributed by atoms with Crippen LogP contribution >= 0.6 is 11.5 Å². The average Bonchev–Trinajstić information content (AvgIpc) is 2.86. The Hall–Kier alpha value is -1.60. The molecule has 2 rings (SSSR count). The van der Waals surface area contributed by atoms with Gasteiger partial charge in [-0.2, -0.15) is 0 Å². The van der Waals surface area contributed by atoms with Crippen molar-refractivity contribution in [2.75, 3.05) is 7.11 Å². The van der Waals surface area contributed by atoms with Gasteiger partial charge in [0.25, 0.3) is 0 Å². The van der Waals surface area contributed by atoms with E-state index in [9.17, 15) is 5.11 Å². The molecule has 0 spiro atoms. The first-order chi connectivity index (χ1) is 8.77. The van der Waals surface area contributed by atoms with Crippen LogP contribution in [0.5, 0.6) is 5.88 Å². The van der Waals surface area contributed by atoms with Gasteiger partial charge in [0.15, 0.2) is 0 Å². The zero-order valence-electron chi connectivity index (χ0n) is 10.2. The second-order valence-corrected chi connectivity index (χ2v) is 4.47. The molecule has 2 aromatic rings. The van der Waals surface area contributed by atoms with E-state index in [4.69, 9.17) is 4.74 Å². The van der Waals surface area contributed by atoms with Crippen molar-refractivity contribution in [1.29, 1.82) is 0 Å². The number of aromatic nitrogens is 4. The maximum absolute atomic E-state index is 10.3. The number of hydrogen-bond donors (Lipinski definition) is 1. The lowest BCUT2D eigenvalue weighted by Crippen LogP contribution is -2.07. The zero-order chi connectivity index (χ0) is 13.0. The summed E-state index contributed by atoms with van der Waals surface area (Å²) in [5.74, 6) is 0.320. The smallest absolute Gasteiger partial charge is 0.238 e. The number of methoxy groups -OCH3 is 1. The van der Waals surface area contributed by atoms with E-state index in [2.05, 4.69) is 26.5 Å². The molecule has 1 unspecified atom stereocenters. The van der Waals surface area contributed by atoms with Crippen LogP contribution in [0.4, 0.5) is 0 Å². The summed E-state index contributed by atoms with van der Waals surface area (Å²) in [4.78, 5) is 8.85. The summed E-state index contributed by atoms with van der Waals surface area (Å²) in [6.07, 6.45) is 3.88. The highest BCUT2D eigenvalue weighted by atomic mass is 32.1. The van der Waals surface area contributed by atoms with E-state index >= 15 is 0 Å². The van der Waals surface area contributed by atoms with E-state index in [1.165, 1.54) is 31.0 Å². The number of ether oxygens (including phenoxy) is 1. The third kappa shape index (κ3) is 2.46. The minimum Gasteiger partial charge on any atom is -0.480 e. The molecule has 0 saturated heterocycles. The second-order valence-electron chi connectivity index (χ2n) is 3.69. The fourth-order valence-corrected chi connectivity index (χ4v) is 2.33. The quantitative estimate of drug-likeness (QED) is 0.880. The normalized spacial score (nSPS) is 12.4. The molecule has 0 amide bonds. The summed E-state index contributed by atoms with van der Waals surface area (Å²) in [5.41, 5.74) is 1.20. The lowest BCUT2D eigenvalue weighted by molar-refractivity contribution is 0.210. The van der Waals surface area contributed by atoms with Gasteiger partial charge in [0.05, 0.1) is 17.7 Å². The highest BCUT2D eigenvalue weighted by Gasteiger charge is 2.23. The Morgan fingerprint density at radius 2 is 2.17 bits per heavy atom. The Balaban J connectivity index is 2.35. The van der Waals surface area contributed by atoms with Crippen molar-refractivity contribution in [3.63, 3.8) is 0 Å².